The van der Waals surface area contributed by atoms with Crippen molar-refractivity contribution in [3.05, 3.63) is 22.3 Å². The van der Waals surface area contributed by atoms with Gasteiger partial charge in [0.25, 0.3) is 0 Å². The molecule has 0 unspecified atom stereocenters. The van der Waals surface area contributed by atoms with Gasteiger partial charge < -0.3 is 11.1 Å². The van der Waals surface area contributed by atoms with Crippen molar-refractivity contribution in [2.75, 3.05) is 17.3 Å². The number of nitrogens with zero attached hydrogens (tertiary/aromatic N) is 3. The van der Waals surface area contributed by atoms with E-state index in [4.69, 9.17) is 11.0 Å². The molecule has 2 rings (SSSR count). The highest BCUT2D eigenvalue weighted by Gasteiger charge is 2.24. The van der Waals surface area contributed by atoms with Crippen molar-refractivity contribution in [1.82, 2.24) is 9.78 Å². The lowest BCUT2D eigenvalue weighted by molar-refractivity contribution is 0.603. The molecule has 0 saturated heterocycles. The number of nitriles is 1. The van der Waals surface area contributed by atoms with Gasteiger partial charge in [0.1, 0.15) is 20.8 Å². The van der Waals surface area contributed by atoms with Crippen LogP contribution >= 0.6 is 11.3 Å². The summed E-state index contributed by atoms with van der Waals surface area (Å²) >= 11 is 1.04. The molecule has 2 heterocycles. The minimum atomic E-state index is -3.51. The Morgan fingerprint density at radius 1 is 1.57 bits per heavy atom. The molecule has 112 valence electrons. The topological polar surface area (TPSA) is 114 Å². The van der Waals surface area contributed by atoms with E-state index in [1.165, 1.54) is 0 Å². The number of nitrogens with one attached hydrogen (secondary N) is 1. The largest absolute Gasteiger partial charge is 0.396 e. The summed E-state index contributed by atoms with van der Waals surface area (Å²) in [6, 6.07) is 1.91. The second kappa shape index (κ2) is 5.38. The van der Waals surface area contributed by atoms with Gasteiger partial charge >= 0.3 is 0 Å². The molecule has 7 nitrogen and oxygen atoms in total. The number of hydrogen-bond acceptors (Lipinski definition) is 7. The van der Waals surface area contributed by atoms with Gasteiger partial charge in [-0.1, -0.05) is 0 Å². The fourth-order valence-corrected chi connectivity index (χ4v) is 4.36. The first kappa shape index (κ1) is 15.3. The molecule has 0 aliphatic rings. The predicted octanol–water partition coefficient (Wildman–Crippen LogP) is 1.26. The van der Waals surface area contributed by atoms with Crippen LogP contribution in [0.3, 0.4) is 0 Å². The van der Waals surface area contributed by atoms with Gasteiger partial charge in [-0.25, -0.2) is 8.42 Å². The van der Waals surface area contributed by atoms with Gasteiger partial charge in [-0.3, -0.25) is 4.68 Å². The Hall–Kier alpha value is -2.05. The van der Waals surface area contributed by atoms with Crippen LogP contribution in [0.1, 0.15) is 16.1 Å². The van der Waals surface area contributed by atoms with E-state index in [0.717, 1.165) is 28.8 Å². The fourth-order valence-electron chi connectivity index (χ4n) is 1.99. The summed E-state index contributed by atoms with van der Waals surface area (Å²) in [6.07, 6.45) is 2.93. The zero-order chi connectivity index (χ0) is 15.8. The molecule has 0 bridgehead atoms. The Kier molecular flexibility index (Phi) is 3.93. The lowest BCUT2D eigenvalue weighted by atomic mass is 10.2. The highest BCUT2D eigenvalue weighted by atomic mass is 32.2. The molecule has 0 spiro atoms. The summed E-state index contributed by atoms with van der Waals surface area (Å²) in [6.45, 7) is 2.28. The van der Waals surface area contributed by atoms with Crippen LogP contribution in [0.5, 0.6) is 0 Å². The Morgan fingerprint density at radius 3 is 2.71 bits per heavy atom. The highest BCUT2D eigenvalue weighted by molar-refractivity contribution is 7.91. The number of thiophene rings is 1. The molecule has 3 N–H and O–H groups in total. The molecule has 2 aromatic rings. The summed E-state index contributed by atoms with van der Waals surface area (Å²) in [5.41, 5.74) is 7.57. The highest BCUT2D eigenvalue weighted by Crippen LogP contribution is 2.38. The number of aromatic nitrogens is 2. The number of sulfone groups is 1. The van der Waals surface area contributed by atoms with Crippen LogP contribution in [0.25, 0.3) is 0 Å². The summed E-state index contributed by atoms with van der Waals surface area (Å²) in [7, 11) is -1.70. The van der Waals surface area contributed by atoms with Gasteiger partial charge in [0.2, 0.25) is 0 Å². The number of nitrogens with two attached hydrogens (primary N) is 1. The second-order valence-corrected chi connectivity index (χ2v) is 7.63. The van der Waals surface area contributed by atoms with Crippen molar-refractivity contribution in [1.29, 1.82) is 5.26 Å². The first-order chi connectivity index (χ1) is 9.74. The van der Waals surface area contributed by atoms with Crippen LogP contribution in [0.2, 0.25) is 0 Å². The SMILES string of the molecule is Cc1nn(C)cc1CNc1sc(C#N)c(N)c1S(C)(=O)=O. The molecule has 9 heteroatoms. The predicted molar refractivity (Wildman–Crippen MR) is 81.8 cm³/mol. The van der Waals surface area contributed by atoms with Crippen LogP contribution < -0.4 is 11.1 Å². The van der Waals surface area contributed by atoms with Crippen LogP contribution in [0, 0.1) is 18.3 Å². The standard InChI is InChI=1S/C12H15N5O2S2/c1-7-8(6-17(2)16-7)5-15-12-11(21(3,18)19)10(14)9(4-13)20-12/h6,15H,5,14H2,1-3H3. The maximum atomic E-state index is 11.8. The summed E-state index contributed by atoms with van der Waals surface area (Å²) in [5.74, 6) is 0. The Balaban J connectivity index is 2.37. The lowest BCUT2D eigenvalue weighted by Gasteiger charge is -2.06. The van der Waals surface area contributed by atoms with Gasteiger partial charge in [0.05, 0.1) is 11.4 Å². The van der Waals surface area contributed by atoms with Crippen molar-refractivity contribution in [2.24, 2.45) is 7.05 Å². The Labute approximate surface area is 126 Å². The monoisotopic (exact) mass is 325 g/mol. The average Bonchev–Trinajstić information content (AvgIpc) is 2.85. The number of aryl methyl sites for hydroxylation is 2. The third-order valence-electron chi connectivity index (χ3n) is 2.93. The van der Waals surface area contributed by atoms with E-state index in [1.807, 2.05) is 26.2 Å². The molecule has 0 aromatic carbocycles. The van der Waals surface area contributed by atoms with E-state index in [2.05, 4.69) is 10.4 Å². The third-order valence-corrected chi connectivity index (χ3v) is 5.29. The smallest absolute Gasteiger partial charge is 0.180 e. The summed E-state index contributed by atoms with van der Waals surface area (Å²) < 4.78 is 25.4. The van der Waals surface area contributed by atoms with Crippen LogP contribution in [0.4, 0.5) is 10.7 Å². The summed E-state index contributed by atoms with van der Waals surface area (Å²) in [4.78, 5) is 0.187. The van der Waals surface area contributed by atoms with E-state index >= 15 is 0 Å². The van der Waals surface area contributed by atoms with E-state index in [-0.39, 0.29) is 15.5 Å². The van der Waals surface area contributed by atoms with Crippen molar-refractivity contribution in [3.8, 4) is 6.07 Å². The van der Waals surface area contributed by atoms with Crippen molar-refractivity contribution < 1.29 is 8.42 Å². The molecule has 0 atom stereocenters. The minimum Gasteiger partial charge on any atom is -0.396 e. The molecule has 21 heavy (non-hydrogen) atoms. The van der Waals surface area contributed by atoms with E-state index in [1.54, 1.807) is 4.68 Å². The number of anilines is 2. The van der Waals surface area contributed by atoms with Crippen molar-refractivity contribution >= 4 is 31.9 Å². The maximum Gasteiger partial charge on any atom is 0.180 e. The molecule has 0 aliphatic carbocycles. The van der Waals surface area contributed by atoms with Gasteiger partial charge in [-0.15, -0.1) is 11.3 Å². The average molecular weight is 325 g/mol. The minimum absolute atomic E-state index is 0.00871. The first-order valence-corrected chi connectivity index (χ1v) is 8.70. The number of hydrogen-bond donors (Lipinski definition) is 2. The van der Waals surface area contributed by atoms with Crippen molar-refractivity contribution in [2.45, 2.75) is 18.4 Å². The van der Waals surface area contributed by atoms with E-state index < -0.39 is 9.84 Å². The number of rotatable bonds is 4. The van der Waals surface area contributed by atoms with Crippen LogP contribution in [-0.2, 0) is 23.4 Å². The molecule has 0 aliphatic heterocycles. The zero-order valence-corrected chi connectivity index (χ0v) is 13.5. The molecule has 0 radical (unpaired) electrons. The third kappa shape index (κ3) is 3.01. The van der Waals surface area contributed by atoms with Gasteiger partial charge in [0.15, 0.2) is 9.84 Å². The summed E-state index contributed by atoms with van der Waals surface area (Å²) in [5, 5.41) is 16.6. The van der Waals surface area contributed by atoms with E-state index in [9.17, 15) is 8.42 Å². The Morgan fingerprint density at radius 2 is 2.24 bits per heavy atom. The number of nitrogen functional groups attached to an aromatic ring is 1. The zero-order valence-electron chi connectivity index (χ0n) is 11.8. The van der Waals surface area contributed by atoms with Crippen molar-refractivity contribution in [3.63, 3.8) is 0 Å². The molecular weight excluding hydrogens is 310 g/mol. The molecule has 0 amide bonds. The van der Waals surface area contributed by atoms with Crippen LogP contribution in [-0.4, -0.2) is 24.5 Å². The second-order valence-electron chi connectivity index (χ2n) is 4.65. The molecule has 0 saturated carbocycles. The van der Waals surface area contributed by atoms with E-state index in [0.29, 0.717) is 11.5 Å². The van der Waals surface area contributed by atoms with Gasteiger partial charge in [-0.2, -0.15) is 10.4 Å². The Bertz CT molecular complexity index is 827. The van der Waals surface area contributed by atoms with Gasteiger partial charge in [-0.05, 0) is 6.92 Å². The molecular formula is C12H15N5O2S2. The van der Waals surface area contributed by atoms with Crippen LogP contribution in [0.15, 0.2) is 11.1 Å². The lowest BCUT2D eigenvalue weighted by Crippen LogP contribution is -2.06. The van der Waals surface area contributed by atoms with Gasteiger partial charge in [0, 0.05) is 31.6 Å². The molecule has 2 aromatic heterocycles. The maximum absolute atomic E-state index is 11.8. The fraction of sp³-hybridized carbons (Fsp3) is 0.333. The molecule has 0 fully saturated rings. The quantitative estimate of drug-likeness (QED) is 0.874. The normalized spacial score (nSPS) is 11.3. The first-order valence-electron chi connectivity index (χ1n) is 5.99.